The quantitative estimate of drug-likeness (QED) is 0.691. The number of nitrogens with two attached hydrogens (primary N) is 1. The predicted molar refractivity (Wildman–Crippen MR) is 60.2 cm³/mol. The van der Waals surface area contributed by atoms with Gasteiger partial charge >= 0.3 is 0 Å². The van der Waals surface area contributed by atoms with Crippen LogP contribution in [0.3, 0.4) is 0 Å². The standard InChI is InChI=1S/C12H25NO/c1-3-14-8-7-12(13)11-6-4-5-10(2)9-11/h10-12H,3-9,13H2,1-2H3. The van der Waals surface area contributed by atoms with Crippen LogP contribution in [0.25, 0.3) is 0 Å². The first kappa shape index (κ1) is 12.0. The van der Waals surface area contributed by atoms with Gasteiger partial charge in [-0.3, -0.25) is 0 Å². The van der Waals surface area contributed by atoms with Crippen molar-refractivity contribution in [2.24, 2.45) is 17.6 Å². The van der Waals surface area contributed by atoms with Crippen LogP contribution in [0.4, 0.5) is 0 Å². The van der Waals surface area contributed by atoms with E-state index in [1.54, 1.807) is 0 Å². The fourth-order valence-corrected chi connectivity index (χ4v) is 2.47. The van der Waals surface area contributed by atoms with Crippen LogP contribution in [0.2, 0.25) is 0 Å². The van der Waals surface area contributed by atoms with Crippen molar-refractivity contribution < 1.29 is 4.74 Å². The Labute approximate surface area is 88.2 Å². The summed E-state index contributed by atoms with van der Waals surface area (Å²) in [4.78, 5) is 0. The van der Waals surface area contributed by atoms with Crippen LogP contribution in [0, 0.1) is 11.8 Å². The summed E-state index contributed by atoms with van der Waals surface area (Å²) in [6, 6.07) is 0.365. The number of ether oxygens (including phenoxy) is 1. The molecular weight excluding hydrogens is 174 g/mol. The van der Waals surface area contributed by atoms with Crippen molar-refractivity contribution >= 4 is 0 Å². The molecule has 0 aromatic rings. The molecule has 2 nitrogen and oxygen atoms in total. The molecule has 0 aromatic carbocycles. The average molecular weight is 199 g/mol. The van der Waals surface area contributed by atoms with Crippen LogP contribution >= 0.6 is 0 Å². The molecule has 2 heteroatoms. The van der Waals surface area contributed by atoms with E-state index in [9.17, 15) is 0 Å². The highest BCUT2D eigenvalue weighted by Gasteiger charge is 2.23. The predicted octanol–water partition coefficient (Wildman–Crippen LogP) is 2.57. The smallest absolute Gasteiger partial charge is 0.0480 e. The van der Waals surface area contributed by atoms with Crippen LogP contribution in [-0.2, 0) is 4.74 Å². The molecule has 0 spiro atoms. The molecule has 84 valence electrons. The van der Waals surface area contributed by atoms with Crippen LogP contribution in [0.15, 0.2) is 0 Å². The highest BCUT2D eigenvalue weighted by atomic mass is 16.5. The monoisotopic (exact) mass is 199 g/mol. The zero-order valence-corrected chi connectivity index (χ0v) is 9.67. The van der Waals surface area contributed by atoms with Gasteiger partial charge in [-0.15, -0.1) is 0 Å². The lowest BCUT2D eigenvalue weighted by atomic mass is 9.78. The highest BCUT2D eigenvalue weighted by Crippen LogP contribution is 2.30. The minimum Gasteiger partial charge on any atom is -0.382 e. The Kier molecular flexibility index (Phi) is 5.49. The van der Waals surface area contributed by atoms with Gasteiger partial charge in [0.1, 0.15) is 0 Å². The third kappa shape index (κ3) is 3.97. The summed E-state index contributed by atoms with van der Waals surface area (Å²) in [5.41, 5.74) is 6.17. The maximum Gasteiger partial charge on any atom is 0.0480 e. The van der Waals surface area contributed by atoms with Gasteiger partial charge in [-0.2, -0.15) is 0 Å². The lowest BCUT2D eigenvalue weighted by Crippen LogP contribution is -2.34. The molecule has 1 rings (SSSR count). The number of hydrogen-bond donors (Lipinski definition) is 1. The minimum atomic E-state index is 0.365. The Morgan fingerprint density at radius 2 is 2.21 bits per heavy atom. The summed E-state index contributed by atoms with van der Waals surface area (Å²) in [5, 5.41) is 0. The number of rotatable bonds is 5. The molecule has 2 N–H and O–H groups in total. The Morgan fingerprint density at radius 1 is 1.43 bits per heavy atom. The lowest BCUT2D eigenvalue weighted by Gasteiger charge is -2.31. The molecule has 3 unspecified atom stereocenters. The third-order valence-corrected chi connectivity index (χ3v) is 3.38. The van der Waals surface area contributed by atoms with E-state index in [1.165, 1.54) is 25.7 Å². The molecule has 0 heterocycles. The van der Waals surface area contributed by atoms with E-state index < -0.39 is 0 Å². The van der Waals surface area contributed by atoms with Gasteiger partial charge in [0.2, 0.25) is 0 Å². The molecule has 1 aliphatic rings. The fourth-order valence-electron chi connectivity index (χ4n) is 2.47. The minimum absolute atomic E-state index is 0.365. The molecule has 0 aliphatic heterocycles. The van der Waals surface area contributed by atoms with Gasteiger partial charge in [0, 0.05) is 19.3 Å². The molecule has 1 fully saturated rings. The summed E-state index contributed by atoms with van der Waals surface area (Å²) in [7, 11) is 0. The largest absolute Gasteiger partial charge is 0.382 e. The maximum absolute atomic E-state index is 6.17. The Balaban J connectivity index is 2.18. The maximum atomic E-state index is 6.17. The average Bonchev–Trinajstić information content (AvgIpc) is 2.18. The molecule has 0 aromatic heterocycles. The van der Waals surface area contributed by atoms with E-state index in [4.69, 9.17) is 10.5 Å². The van der Waals surface area contributed by atoms with E-state index in [-0.39, 0.29) is 0 Å². The summed E-state index contributed by atoms with van der Waals surface area (Å²) < 4.78 is 5.34. The van der Waals surface area contributed by atoms with Crippen LogP contribution in [-0.4, -0.2) is 19.3 Å². The second-order valence-corrected chi connectivity index (χ2v) is 4.68. The molecule has 0 saturated heterocycles. The van der Waals surface area contributed by atoms with Crippen molar-refractivity contribution in [3.05, 3.63) is 0 Å². The van der Waals surface area contributed by atoms with Crippen LogP contribution < -0.4 is 5.73 Å². The fraction of sp³-hybridized carbons (Fsp3) is 1.00. The van der Waals surface area contributed by atoms with E-state index >= 15 is 0 Å². The molecule has 1 aliphatic carbocycles. The summed E-state index contributed by atoms with van der Waals surface area (Å²) in [6.07, 6.45) is 6.46. The summed E-state index contributed by atoms with van der Waals surface area (Å²) >= 11 is 0. The number of hydrogen-bond acceptors (Lipinski definition) is 2. The third-order valence-electron chi connectivity index (χ3n) is 3.38. The van der Waals surface area contributed by atoms with Crippen molar-refractivity contribution in [2.75, 3.05) is 13.2 Å². The zero-order chi connectivity index (χ0) is 10.4. The Morgan fingerprint density at radius 3 is 2.86 bits per heavy atom. The molecule has 3 atom stereocenters. The Hall–Kier alpha value is -0.0800. The van der Waals surface area contributed by atoms with Crippen molar-refractivity contribution in [1.29, 1.82) is 0 Å². The van der Waals surface area contributed by atoms with E-state index in [0.29, 0.717) is 6.04 Å². The van der Waals surface area contributed by atoms with Gasteiger partial charge in [-0.25, -0.2) is 0 Å². The molecule has 14 heavy (non-hydrogen) atoms. The van der Waals surface area contributed by atoms with E-state index in [1.807, 2.05) is 6.92 Å². The van der Waals surface area contributed by atoms with Crippen LogP contribution in [0.1, 0.15) is 46.0 Å². The van der Waals surface area contributed by atoms with Gasteiger partial charge in [0.15, 0.2) is 0 Å². The van der Waals surface area contributed by atoms with Gasteiger partial charge < -0.3 is 10.5 Å². The van der Waals surface area contributed by atoms with Crippen molar-refractivity contribution in [3.63, 3.8) is 0 Å². The first-order valence-corrected chi connectivity index (χ1v) is 6.07. The first-order valence-electron chi connectivity index (χ1n) is 6.07. The van der Waals surface area contributed by atoms with Crippen LogP contribution in [0.5, 0.6) is 0 Å². The van der Waals surface area contributed by atoms with Gasteiger partial charge in [0.05, 0.1) is 0 Å². The molecule has 0 radical (unpaired) electrons. The van der Waals surface area contributed by atoms with Crippen molar-refractivity contribution in [1.82, 2.24) is 0 Å². The SMILES string of the molecule is CCOCCC(N)C1CCCC(C)C1. The molecule has 0 bridgehead atoms. The molecule has 1 saturated carbocycles. The van der Waals surface area contributed by atoms with Crippen molar-refractivity contribution in [3.8, 4) is 0 Å². The summed E-state index contributed by atoms with van der Waals surface area (Å²) in [6.45, 7) is 6.03. The summed E-state index contributed by atoms with van der Waals surface area (Å²) in [5.74, 6) is 1.63. The first-order chi connectivity index (χ1) is 6.74. The normalized spacial score (nSPS) is 30.2. The van der Waals surface area contributed by atoms with Gasteiger partial charge in [-0.1, -0.05) is 19.8 Å². The Bertz CT molecular complexity index is 149. The van der Waals surface area contributed by atoms with E-state index in [0.717, 1.165) is 31.5 Å². The van der Waals surface area contributed by atoms with Gasteiger partial charge in [0.25, 0.3) is 0 Å². The highest BCUT2D eigenvalue weighted by molar-refractivity contribution is 4.78. The van der Waals surface area contributed by atoms with E-state index in [2.05, 4.69) is 6.92 Å². The topological polar surface area (TPSA) is 35.2 Å². The van der Waals surface area contributed by atoms with Crippen molar-refractivity contribution in [2.45, 2.75) is 52.0 Å². The molecule has 0 amide bonds. The zero-order valence-electron chi connectivity index (χ0n) is 9.67. The second-order valence-electron chi connectivity index (χ2n) is 4.68. The molecular formula is C12H25NO. The second kappa shape index (κ2) is 6.41. The van der Waals surface area contributed by atoms with Gasteiger partial charge in [-0.05, 0) is 38.0 Å². The lowest BCUT2D eigenvalue weighted by molar-refractivity contribution is 0.126.